The minimum Gasteiger partial charge on any atom is -0.308 e. The highest BCUT2D eigenvalue weighted by Crippen LogP contribution is 2.19. The van der Waals surface area contributed by atoms with E-state index in [0.29, 0.717) is 0 Å². The monoisotopic (exact) mass is 271 g/mol. The van der Waals surface area contributed by atoms with E-state index in [1.165, 1.54) is 22.5 Å². The largest absolute Gasteiger partial charge is 0.308 e. The molecule has 0 bridgehead atoms. The highest BCUT2D eigenvalue weighted by Gasteiger charge is 2.10. The predicted octanol–water partition coefficient (Wildman–Crippen LogP) is 3.69. The molecule has 0 aliphatic heterocycles. The van der Waals surface area contributed by atoms with Gasteiger partial charge in [-0.15, -0.1) is 0 Å². The summed E-state index contributed by atoms with van der Waals surface area (Å²) in [5.74, 6) is 0. The fraction of sp³-hybridized carbons (Fsp3) is 0.471. The quantitative estimate of drug-likeness (QED) is 0.922. The van der Waals surface area contributed by atoms with Crippen molar-refractivity contribution < 1.29 is 0 Å². The molecule has 2 aromatic rings. The molecular weight excluding hydrogens is 246 g/mol. The van der Waals surface area contributed by atoms with Gasteiger partial charge in [-0.05, 0) is 58.7 Å². The van der Waals surface area contributed by atoms with Crippen LogP contribution in [-0.2, 0) is 6.54 Å². The van der Waals surface area contributed by atoms with Gasteiger partial charge in [-0.3, -0.25) is 0 Å². The van der Waals surface area contributed by atoms with Crippen LogP contribution in [0.25, 0.3) is 5.69 Å². The van der Waals surface area contributed by atoms with Crippen molar-refractivity contribution in [3.05, 3.63) is 47.0 Å². The number of hydrogen-bond donors (Lipinski definition) is 1. The number of rotatable bonds is 3. The molecular formula is C17H25N3. The van der Waals surface area contributed by atoms with E-state index < -0.39 is 0 Å². The molecule has 3 heteroatoms. The van der Waals surface area contributed by atoms with Gasteiger partial charge in [0.1, 0.15) is 0 Å². The smallest absolute Gasteiger partial charge is 0.0997 e. The molecule has 0 amide bonds. The van der Waals surface area contributed by atoms with E-state index in [9.17, 15) is 0 Å². The van der Waals surface area contributed by atoms with Crippen LogP contribution in [0.3, 0.4) is 0 Å². The van der Waals surface area contributed by atoms with Crippen molar-refractivity contribution >= 4 is 0 Å². The second kappa shape index (κ2) is 5.41. The lowest BCUT2D eigenvalue weighted by molar-refractivity contribution is 0.424. The van der Waals surface area contributed by atoms with Gasteiger partial charge >= 0.3 is 0 Å². The van der Waals surface area contributed by atoms with Gasteiger partial charge in [0, 0.05) is 23.5 Å². The van der Waals surface area contributed by atoms with Crippen LogP contribution >= 0.6 is 0 Å². The van der Waals surface area contributed by atoms with Crippen LogP contribution < -0.4 is 5.32 Å². The van der Waals surface area contributed by atoms with Gasteiger partial charge in [0.05, 0.1) is 12.0 Å². The number of benzene rings is 1. The zero-order valence-electron chi connectivity index (χ0n) is 13.4. The van der Waals surface area contributed by atoms with Crippen molar-refractivity contribution in [1.82, 2.24) is 14.9 Å². The summed E-state index contributed by atoms with van der Waals surface area (Å²) >= 11 is 0. The number of nitrogens with zero attached hydrogens (tertiary/aromatic N) is 2. The third kappa shape index (κ3) is 3.28. The lowest BCUT2D eigenvalue weighted by atomic mass is 10.1. The Hall–Kier alpha value is -1.61. The van der Waals surface area contributed by atoms with Crippen LogP contribution in [0.4, 0.5) is 0 Å². The molecule has 0 radical (unpaired) electrons. The molecule has 1 aromatic heterocycles. The number of aryl methyl sites for hydroxylation is 2. The predicted molar refractivity (Wildman–Crippen MR) is 84.4 cm³/mol. The first kappa shape index (κ1) is 14.8. The number of imidazole rings is 1. The molecule has 0 saturated carbocycles. The highest BCUT2D eigenvalue weighted by atomic mass is 15.1. The summed E-state index contributed by atoms with van der Waals surface area (Å²) < 4.78 is 2.16. The molecule has 0 saturated heterocycles. The summed E-state index contributed by atoms with van der Waals surface area (Å²) in [5.41, 5.74) is 6.23. The van der Waals surface area contributed by atoms with Gasteiger partial charge in [0.25, 0.3) is 0 Å². The molecule has 0 unspecified atom stereocenters. The van der Waals surface area contributed by atoms with Gasteiger partial charge in [-0.2, -0.15) is 0 Å². The average molecular weight is 271 g/mol. The maximum Gasteiger partial charge on any atom is 0.0997 e. The molecule has 0 fully saturated rings. The van der Waals surface area contributed by atoms with Crippen LogP contribution in [0.1, 0.15) is 43.3 Å². The minimum atomic E-state index is 0.143. The third-order valence-electron chi connectivity index (χ3n) is 3.60. The Balaban J connectivity index is 2.24. The van der Waals surface area contributed by atoms with E-state index in [2.05, 4.69) is 67.7 Å². The first-order valence-corrected chi connectivity index (χ1v) is 7.13. The zero-order valence-corrected chi connectivity index (χ0v) is 13.4. The van der Waals surface area contributed by atoms with Crippen molar-refractivity contribution in [1.29, 1.82) is 0 Å². The number of nitrogens with one attached hydrogen (secondary N) is 1. The molecule has 3 nitrogen and oxygen atoms in total. The Kier molecular flexibility index (Phi) is 4.00. The fourth-order valence-corrected chi connectivity index (χ4v) is 2.21. The van der Waals surface area contributed by atoms with Gasteiger partial charge in [-0.1, -0.05) is 12.1 Å². The van der Waals surface area contributed by atoms with E-state index in [4.69, 9.17) is 0 Å². The normalized spacial score (nSPS) is 11.9. The Labute approximate surface area is 122 Å². The van der Waals surface area contributed by atoms with E-state index in [1.807, 2.05) is 13.3 Å². The molecule has 108 valence electrons. The molecule has 0 aliphatic carbocycles. The topological polar surface area (TPSA) is 29.9 Å². The molecule has 0 atom stereocenters. The lowest BCUT2D eigenvalue weighted by Gasteiger charge is -2.21. The van der Waals surface area contributed by atoms with Crippen molar-refractivity contribution in [2.24, 2.45) is 0 Å². The summed E-state index contributed by atoms with van der Waals surface area (Å²) in [4.78, 5) is 4.38. The highest BCUT2D eigenvalue weighted by molar-refractivity contribution is 5.44. The second-order valence-electron chi connectivity index (χ2n) is 6.51. The van der Waals surface area contributed by atoms with Gasteiger partial charge < -0.3 is 9.88 Å². The molecule has 20 heavy (non-hydrogen) atoms. The third-order valence-corrected chi connectivity index (χ3v) is 3.60. The number of aromatic nitrogens is 2. The van der Waals surface area contributed by atoms with Crippen LogP contribution in [0.15, 0.2) is 24.5 Å². The van der Waals surface area contributed by atoms with E-state index >= 15 is 0 Å². The van der Waals surface area contributed by atoms with Crippen molar-refractivity contribution in [2.45, 2.75) is 53.6 Å². The number of hydrogen-bond acceptors (Lipinski definition) is 2. The molecule has 0 spiro atoms. The summed E-state index contributed by atoms with van der Waals surface area (Å²) in [6, 6.07) is 6.63. The van der Waals surface area contributed by atoms with Crippen molar-refractivity contribution in [3.63, 3.8) is 0 Å². The first-order chi connectivity index (χ1) is 9.28. The lowest BCUT2D eigenvalue weighted by Crippen LogP contribution is -2.35. The van der Waals surface area contributed by atoms with Crippen LogP contribution in [-0.4, -0.2) is 15.1 Å². The summed E-state index contributed by atoms with van der Waals surface area (Å²) in [7, 11) is 0. The van der Waals surface area contributed by atoms with Gasteiger partial charge in [0.2, 0.25) is 0 Å². The fourth-order valence-electron chi connectivity index (χ4n) is 2.21. The Morgan fingerprint density at radius 1 is 1.15 bits per heavy atom. The molecule has 1 N–H and O–H groups in total. The van der Waals surface area contributed by atoms with Crippen LogP contribution in [0.5, 0.6) is 0 Å². The van der Waals surface area contributed by atoms with Crippen molar-refractivity contribution in [2.75, 3.05) is 0 Å². The maximum atomic E-state index is 4.38. The second-order valence-corrected chi connectivity index (χ2v) is 6.51. The summed E-state index contributed by atoms with van der Waals surface area (Å²) in [5, 5.41) is 3.52. The van der Waals surface area contributed by atoms with Crippen LogP contribution in [0.2, 0.25) is 0 Å². The Morgan fingerprint density at radius 3 is 2.35 bits per heavy atom. The average Bonchev–Trinajstić information content (AvgIpc) is 2.67. The molecule has 2 rings (SSSR count). The molecule has 1 heterocycles. The van der Waals surface area contributed by atoms with Gasteiger partial charge in [-0.25, -0.2) is 4.98 Å². The Morgan fingerprint density at radius 2 is 1.85 bits per heavy atom. The molecule has 0 aliphatic rings. The van der Waals surface area contributed by atoms with Crippen LogP contribution in [0, 0.1) is 20.8 Å². The SMILES string of the molecule is Cc1cc(CNC(C)(C)C)ccc1-n1cnc(C)c1C. The first-order valence-electron chi connectivity index (χ1n) is 7.13. The minimum absolute atomic E-state index is 0.143. The van der Waals surface area contributed by atoms with Crippen molar-refractivity contribution in [3.8, 4) is 5.69 Å². The molecule has 1 aromatic carbocycles. The maximum absolute atomic E-state index is 4.38. The van der Waals surface area contributed by atoms with E-state index in [0.717, 1.165) is 12.2 Å². The van der Waals surface area contributed by atoms with Gasteiger partial charge in [0.15, 0.2) is 0 Å². The van der Waals surface area contributed by atoms with E-state index in [-0.39, 0.29) is 5.54 Å². The van der Waals surface area contributed by atoms with E-state index in [1.54, 1.807) is 0 Å². The Bertz CT molecular complexity index is 603. The summed E-state index contributed by atoms with van der Waals surface area (Å²) in [6.07, 6.45) is 1.90. The standard InChI is InChI=1S/C17H25N3/c1-12-9-15(10-19-17(4,5)6)7-8-16(12)20-11-18-13(2)14(20)3/h7-9,11,19H,10H2,1-6H3. The summed E-state index contributed by atoms with van der Waals surface area (Å²) in [6.45, 7) is 13.8. The zero-order chi connectivity index (χ0) is 14.9.